The average Bonchev–Trinajstić information content (AvgIpc) is 2.82. The minimum Gasteiger partial charge on any atom is -0.480 e. The number of Topliss-reactive ketones (excluding diaryl/α,β-unsaturated/α-hetero) is 1. The lowest BCUT2D eigenvalue weighted by molar-refractivity contribution is -0.112. The van der Waals surface area contributed by atoms with Crippen molar-refractivity contribution >= 4 is 17.4 Å². The molecule has 0 atom stereocenters. The highest BCUT2D eigenvalue weighted by Gasteiger charge is 2.23. The van der Waals surface area contributed by atoms with Gasteiger partial charge < -0.3 is 4.74 Å². The molecule has 3 rings (SSSR count). The number of rotatable bonds is 3. The predicted octanol–water partition coefficient (Wildman–Crippen LogP) is 3.36. The van der Waals surface area contributed by atoms with E-state index in [1.54, 1.807) is 0 Å². The molecular weight excluding hydrogens is 260 g/mol. The van der Waals surface area contributed by atoms with E-state index >= 15 is 0 Å². The molecule has 2 aromatic carbocycles. The summed E-state index contributed by atoms with van der Waals surface area (Å²) in [5.41, 5.74) is 3.69. The maximum atomic E-state index is 12.2. The van der Waals surface area contributed by atoms with Crippen molar-refractivity contribution in [2.24, 2.45) is 0 Å². The highest BCUT2D eigenvalue weighted by atomic mass is 16.5. The fourth-order valence-corrected chi connectivity index (χ4v) is 2.52. The SMILES string of the molecule is C#CCOc1ccccc1/C=C1/C(=O)Cc2ccccc21. The van der Waals surface area contributed by atoms with Crippen LogP contribution in [0.1, 0.15) is 16.7 Å². The Kier molecular flexibility index (Phi) is 3.57. The van der Waals surface area contributed by atoms with Crippen LogP contribution in [0.3, 0.4) is 0 Å². The molecule has 0 unspecified atom stereocenters. The minimum absolute atomic E-state index is 0.142. The van der Waals surface area contributed by atoms with Gasteiger partial charge in [-0.1, -0.05) is 48.4 Å². The summed E-state index contributed by atoms with van der Waals surface area (Å²) in [6.07, 6.45) is 7.59. The molecule has 21 heavy (non-hydrogen) atoms. The van der Waals surface area contributed by atoms with E-state index in [2.05, 4.69) is 5.92 Å². The Labute approximate surface area is 124 Å². The molecule has 2 nitrogen and oxygen atoms in total. The summed E-state index contributed by atoms with van der Waals surface area (Å²) in [6, 6.07) is 15.5. The van der Waals surface area contributed by atoms with Crippen LogP contribution in [0.2, 0.25) is 0 Å². The topological polar surface area (TPSA) is 26.3 Å². The Morgan fingerprint density at radius 1 is 1.14 bits per heavy atom. The number of ether oxygens (including phenoxy) is 1. The van der Waals surface area contributed by atoms with Crippen molar-refractivity contribution in [2.75, 3.05) is 6.61 Å². The Balaban J connectivity index is 2.03. The summed E-state index contributed by atoms with van der Waals surface area (Å²) in [7, 11) is 0. The zero-order valence-corrected chi connectivity index (χ0v) is 11.5. The summed E-state index contributed by atoms with van der Waals surface area (Å²) in [6.45, 7) is 0.213. The van der Waals surface area contributed by atoms with Crippen LogP contribution in [-0.4, -0.2) is 12.4 Å². The van der Waals surface area contributed by atoms with Crippen molar-refractivity contribution in [1.82, 2.24) is 0 Å². The van der Waals surface area contributed by atoms with Gasteiger partial charge in [-0.2, -0.15) is 0 Å². The van der Waals surface area contributed by atoms with E-state index in [4.69, 9.17) is 11.2 Å². The van der Waals surface area contributed by atoms with Gasteiger partial charge in [0.2, 0.25) is 0 Å². The van der Waals surface area contributed by atoms with Crippen LogP contribution in [-0.2, 0) is 11.2 Å². The molecule has 0 bridgehead atoms. The predicted molar refractivity (Wildman–Crippen MR) is 83.8 cm³/mol. The monoisotopic (exact) mass is 274 g/mol. The van der Waals surface area contributed by atoms with Crippen LogP contribution in [0.15, 0.2) is 48.5 Å². The fourth-order valence-electron chi connectivity index (χ4n) is 2.52. The molecule has 102 valence electrons. The van der Waals surface area contributed by atoms with Crippen molar-refractivity contribution in [3.8, 4) is 18.1 Å². The van der Waals surface area contributed by atoms with E-state index in [1.807, 2.05) is 54.6 Å². The van der Waals surface area contributed by atoms with Gasteiger partial charge in [-0.25, -0.2) is 0 Å². The smallest absolute Gasteiger partial charge is 0.167 e. The van der Waals surface area contributed by atoms with Gasteiger partial charge in [-0.15, -0.1) is 6.42 Å². The van der Waals surface area contributed by atoms with Crippen LogP contribution >= 0.6 is 0 Å². The summed E-state index contributed by atoms with van der Waals surface area (Å²) >= 11 is 0. The third-order valence-electron chi connectivity index (χ3n) is 3.49. The first-order chi connectivity index (χ1) is 10.3. The number of benzene rings is 2. The lowest BCUT2D eigenvalue weighted by Crippen LogP contribution is -1.97. The number of fused-ring (bicyclic) bond motifs is 1. The molecule has 0 amide bonds. The highest BCUT2D eigenvalue weighted by Crippen LogP contribution is 2.32. The molecule has 1 aliphatic carbocycles. The van der Waals surface area contributed by atoms with E-state index in [9.17, 15) is 4.79 Å². The van der Waals surface area contributed by atoms with Crippen molar-refractivity contribution in [3.05, 3.63) is 65.2 Å². The number of terminal acetylenes is 1. The van der Waals surface area contributed by atoms with E-state index in [-0.39, 0.29) is 12.4 Å². The van der Waals surface area contributed by atoms with Gasteiger partial charge in [0, 0.05) is 17.6 Å². The summed E-state index contributed by atoms with van der Waals surface area (Å²) in [5.74, 6) is 3.29. The summed E-state index contributed by atoms with van der Waals surface area (Å²) in [5, 5.41) is 0. The maximum Gasteiger partial charge on any atom is 0.167 e. The van der Waals surface area contributed by atoms with Crippen LogP contribution < -0.4 is 4.74 Å². The van der Waals surface area contributed by atoms with Gasteiger partial charge in [0.25, 0.3) is 0 Å². The first-order valence-electron chi connectivity index (χ1n) is 6.78. The number of carbonyl (C=O) groups excluding carboxylic acids is 1. The molecule has 0 spiro atoms. The van der Waals surface area contributed by atoms with Gasteiger partial charge in [0.1, 0.15) is 12.4 Å². The number of para-hydroxylation sites is 1. The summed E-state index contributed by atoms with van der Waals surface area (Å²) < 4.78 is 5.53. The van der Waals surface area contributed by atoms with Crippen LogP contribution in [0, 0.1) is 12.3 Å². The van der Waals surface area contributed by atoms with Crippen molar-refractivity contribution < 1.29 is 9.53 Å². The second kappa shape index (κ2) is 5.68. The zero-order valence-electron chi connectivity index (χ0n) is 11.5. The molecule has 0 fully saturated rings. The first kappa shape index (κ1) is 13.2. The Hall–Kier alpha value is -2.79. The molecule has 2 aromatic rings. The third-order valence-corrected chi connectivity index (χ3v) is 3.49. The lowest BCUT2D eigenvalue weighted by Gasteiger charge is -2.07. The molecule has 0 saturated carbocycles. The van der Waals surface area contributed by atoms with Gasteiger partial charge in [0.15, 0.2) is 5.78 Å². The largest absolute Gasteiger partial charge is 0.480 e. The standard InChI is InChI=1S/C19H14O2/c1-2-11-21-19-10-6-4-8-15(19)12-17-16-9-5-3-7-14(16)13-18(17)20/h1,3-10,12H,11,13H2/b17-12+. The highest BCUT2D eigenvalue weighted by molar-refractivity contribution is 6.29. The zero-order chi connectivity index (χ0) is 14.7. The van der Waals surface area contributed by atoms with E-state index in [0.29, 0.717) is 12.2 Å². The molecule has 0 saturated heterocycles. The van der Waals surface area contributed by atoms with Crippen LogP contribution in [0.25, 0.3) is 11.6 Å². The van der Waals surface area contributed by atoms with E-state index in [1.165, 1.54) is 0 Å². The number of carbonyl (C=O) groups is 1. The van der Waals surface area contributed by atoms with Crippen LogP contribution in [0.5, 0.6) is 5.75 Å². The molecule has 1 aliphatic rings. The Bertz CT molecular complexity index is 763. The first-order valence-corrected chi connectivity index (χ1v) is 6.78. The van der Waals surface area contributed by atoms with E-state index < -0.39 is 0 Å². The quantitative estimate of drug-likeness (QED) is 0.633. The molecule has 0 aliphatic heterocycles. The molecule has 2 heteroatoms. The van der Waals surface area contributed by atoms with Crippen molar-refractivity contribution in [2.45, 2.75) is 6.42 Å². The van der Waals surface area contributed by atoms with Gasteiger partial charge in [-0.05, 0) is 23.3 Å². The number of ketones is 1. The third kappa shape index (κ3) is 2.59. The maximum absolute atomic E-state index is 12.2. The van der Waals surface area contributed by atoms with Crippen LogP contribution in [0.4, 0.5) is 0 Å². The van der Waals surface area contributed by atoms with Gasteiger partial charge in [0.05, 0.1) is 0 Å². The normalized spacial score (nSPS) is 14.8. The Morgan fingerprint density at radius 2 is 1.90 bits per heavy atom. The van der Waals surface area contributed by atoms with E-state index in [0.717, 1.165) is 22.3 Å². The fraction of sp³-hybridized carbons (Fsp3) is 0.105. The molecule has 0 N–H and O–H groups in total. The van der Waals surface area contributed by atoms with Gasteiger partial charge >= 0.3 is 0 Å². The molecule has 0 aromatic heterocycles. The summed E-state index contributed by atoms with van der Waals surface area (Å²) in [4.78, 5) is 12.2. The number of hydrogen-bond acceptors (Lipinski definition) is 2. The molecule has 0 heterocycles. The van der Waals surface area contributed by atoms with Crippen molar-refractivity contribution in [1.29, 1.82) is 0 Å². The number of hydrogen-bond donors (Lipinski definition) is 0. The molecule has 0 radical (unpaired) electrons. The Morgan fingerprint density at radius 3 is 2.76 bits per heavy atom. The van der Waals surface area contributed by atoms with Crippen molar-refractivity contribution in [3.63, 3.8) is 0 Å². The second-order valence-electron chi connectivity index (χ2n) is 4.85. The number of allylic oxidation sites excluding steroid dienone is 1. The molecular formula is C19H14O2. The second-order valence-corrected chi connectivity index (χ2v) is 4.85. The van der Waals surface area contributed by atoms with Gasteiger partial charge in [-0.3, -0.25) is 4.79 Å². The average molecular weight is 274 g/mol. The minimum atomic E-state index is 0.142. The lowest BCUT2D eigenvalue weighted by atomic mass is 10.0.